The first-order valence-corrected chi connectivity index (χ1v) is 5.69. The summed E-state index contributed by atoms with van der Waals surface area (Å²) in [6, 6.07) is 10.1. The highest BCUT2D eigenvalue weighted by Crippen LogP contribution is 2.22. The average molecular weight is 265 g/mol. The Bertz CT molecular complexity index is 739. The average Bonchev–Trinajstić information content (AvgIpc) is 2.32. The van der Waals surface area contributed by atoms with E-state index in [1.54, 1.807) is 36.4 Å². The summed E-state index contributed by atoms with van der Waals surface area (Å²) < 4.78 is 0.801. The lowest BCUT2D eigenvalue weighted by Crippen LogP contribution is -2.28. The molecule has 0 aliphatic carbocycles. The molecule has 0 aliphatic heterocycles. The van der Waals surface area contributed by atoms with Crippen molar-refractivity contribution in [2.24, 2.45) is 0 Å². The van der Waals surface area contributed by atoms with Gasteiger partial charge in [0.15, 0.2) is 5.52 Å². The van der Waals surface area contributed by atoms with Crippen LogP contribution in [0, 0.1) is 5.21 Å². The van der Waals surface area contributed by atoms with Crippen molar-refractivity contribution in [1.29, 1.82) is 0 Å². The van der Waals surface area contributed by atoms with Crippen molar-refractivity contribution in [2.45, 2.75) is 0 Å². The summed E-state index contributed by atoms with van der Waals surface area (Å²) in [5, 5.41) is 13.1. The maximum Gasteiger partial charge on any atom is 0.244 e. The van der Waals surface area contributed by atoms with Crippen molar-refractivity contribution in [3.8, 4) is 0 Å². The molecule has 1 aromatic heterocycles. The predicted molar refractivity (Wildman–Crippen MR) is 68.2 cm³/mol. The van der Waals surface area contributed by atoms with Gasteiger partial charge in [0.05, 0.1) is 5.02 Å². The van der Waals surface area contributed by atoms with Gasteiger partial charge in [-0.3, -0.25) is 0 Å². The van der Waals surface area contributed by atoms with Gasteiger partial charge in [-0.1, -0.05) is 29.3 Å². The molecule has 3 rings (SSSR count). The first-order chi connectivity index (χ1) is 8.16. The van der Waals surface area contributed by atoms with Crippen molar-refractivity contribution < 1.29 is 4.73 Å². The molecule has 0 atom stereocenters. The molecular weight excluding hydrogens is 259 g/mol. The van der Waals surface area contributed by atoms with E-state index < -0.39 is 0 Å². The molecule has 0 spiro atoms. The highest BCUT2D eigenvalue weighted by Gasteiger charge is 2.14. The second kappa shape index (κ2) is 3.72. The summed E-state index contributed by atoms with van der Waals surface area (Å²) in [4.78, 5) is 4.37. The lowest BCUT2D eigenvalue weighted by molar-refractivity contribution is -0.548. The van der Waals surface area contributed by atoms with E-state index in [0.717, 1.165) is 4.73 Å². The molecule has 3 aromatic rings. The Hall–Kier alpha value is -1.58. The maximum absolute atomic E-state index is 12.2. The van der Waals surface area contributed by atoms with E-state index in [1.807, 2.05) is 0 Å². The van der Waals surface area contributed by atoms with Gasteiger partial charge >= 0.3 is 0 Å². The molecule has 0 saturated heterocycles. The fourth-order valence-electron chi connectivity index (χ4n) is 1.78. The largest absolute Gasteiger partial charge is 0.618 e. The summed E-state index contributed by atoms with van der Waals surface area (Å²) in [7, 11) is 0. The van der Waals surface area contributed by atoms with E-state index >= 15 is 0 Å². The van der Waals surface area contributed by atoms with E-state index in [-0.39, 0.29) is 0 Å². The van der Waals surface area contributed by atoms with Crippen LogP contribution in [0.3, 0.4) is 0 Å². The van der Waals surface area contributed by atoms with Crippen LogP contribution in [0.15, 0.2) is 36.4 Å². The Morgan fingerprint density at radius 2 is 1.88 bits per heavy atom. The van der Waals surface area contributed by atoms with Crippen LogP contribution in [0.1, 0.15) is 0 Å². The molecule has 1 heterocycles. The topological polar surface area (TPSA) is 39.8 Å². The van der Waals surface area contributed by atoms with Crippen molar-refractivity contribution in [3.63, 3.8) is 0 Å². The lowest BCUT2D eigenvalue weighted by Gasteiger charge is -2.06. The van der Waals surface area contributed by atoms with E-state index in [2.05, 4.69) is 4.98 Å². The number of hydrogen-bond donors (Lipinski definition) is 0. The van der Waals surface area contributed by atoms with E-state index in [9.17, 15) is 5.21 Å². The Morgan fingerprint density at radius 3 is 2.71 bits per heavy atom. The molecule has 0 radical (unpaired) electrons. The van der Waals surface area contributed by atoms with Gasteiger partial charge < -0.3 is 5.21 Å². The Balaban J connectivity index is 2.57. The minimum atomic E-state index is 0.437. The van der Waals surface area contributed by atoms with Crippen molar-refractivity contribution in [3.05, 3.63) is 51.7 Å². The number of hydrogen-bond acceptors (Lipinski definition) is 2. The minimum absolute atomic E-state index is 0.437. The van der Waals surface area contributed by atoms with Crippen LogP contribution in [0.5, 0.6) is 0 Å². The van der Waals surface area contributed by atoms with Crippen molar-refractivity contribution in [2.75, 3.05) is 0 Å². The summed E-state index contributed by atoms with van der Waals surface area (Å²) in [5.74, 6) is 0. The molecule has 3 nitrogen and oxygen atoms in total. The van der Waals surface area contributed by atoms with Crippen molar-refractivity contribution >= 4 is 45.3 Å². The molecule has 5 heteroatoms. The van der Waals surface area contributed by atoms with Gasteiger partial charge in [0.2, 0.25) is 11.0 Å². The summed E-state index contributed by atoms with van der Waals surface area (Å²) >= 11 is 11.9. The van der Waals surface area contributed by atoms with Crippen LogP contribution < -0.4 is 4.73 Å². The number of rotatable bonds is 0. The van der Waals surface area contributed by atoms with Crippen LogP contribution in [0.4, 0.5) is 0 Å². The quantitative estimate of drug-likeness (QED) is 0.355. The second-order valence-corrected chi connectivity index (χ2v) is 4.49. The molecule has 0 fully saturated rings. The van der Waals surface area contributed by atoms with Crippen LogP contribution in [0.2, 0.25) is 10.0 Å². The van der Waals surface area contributed by atoms with Crippen LogP contribution in [-0.2, 0) is 0 Å². The van der Waals surface area contributed by atoms with Gasteiger partial charge in [0.1, 0.15) is 5.52 Å². The SMILES string of the molecule is [O-][n+]1c2cc(Cl)ccc2nc2c(Cl)cccc21. The maximum atomic E-state index is 12.2. The molecule has 0 amide bonds. The first-order valence-electron chi connectivity index (χ1n) is 4.94. The van der Waals surface area contributed by atoms with Crippen LogP contribution in [-0.4, -0.2) is 4.98 Å². The second-order valence-electron chi connectivity index (χ2n) is 3.65. The fourth-order valence-corrected chi connectivity index (χ4v) is 2.16. The number of fused-ring (bicyclic) bond motifs is 2. The fraction of sp³-hybridized carbons (Fsp3) is 0. The summed E-state index contributed by atoms with van der Waals surface area (Å²) in [6.45, 7) is 0. The molecule has 17 heavy (non-hydrogen) atoms. The van der Waals surface area contributed by atoms with E-state index in [1.165, 1.54) is 0 Å². The third kappa shape index (κ3) is 1.59. The number of aromatic nitrogens is 2. The molecule has 0 N–H and O–H groups in total. The van der Waals surface area contributed by atoms with Gasteiger partial charge in [-0.15, -0.1) is 0 Å². The van der Waals surface area contributed by atoms with Crippen LogP contribution >= 0.6 is 23.2 Å². The zero-order chi connectivity index (χ0) is 12.0. The third-order valence-corrected chi connectivity index (χ3v) is 3.11. The Labute approximate surface area is 107 Å². The predicted octanol–water partition coefficient (Wildman–Crippen LogP) is 3.33. The van der Waals surface area contributed by atoms with Gasteiger partial charge in [0.25, 0.3) is 0 Å². The normalized spacial score (nSPS) is 11.2. The highest BCUT2D eigenvalue weighted by molar-refractivity contribution is 6.35. The molecule has 0 aliphatic rings. The minimum Gasteiger partial charge on any atom is -0.618 e. The van der Waals surface area contributed by atoms with E-state index in [0.29, 0.717) is 32.1 Å². The molecule has 2 aromatic carbocycles. The van der Waals surface area contributed by atoms with Gasteiger partial charge in [-0.25, -0.2) is 4.98 Å². The molecule has 0 saturated carbocycles. The van der Waals surface area contributed by atoms with Gasteiger partial charge in [-0.05, 0) is 18.2 Å². The molecule has 84 valence electrons. The monoisotopic (exact) mass is 264 g/mol. The van der Waals surface area contributed by atoms with Gasteiger partial charge in [0, 0.05) is 17.2 Å². The Kier molecular flexibility index (Phi) is 2.31. The van der Waals surface area contributed by atoms with Gasteiger partial charge in [-0.2, -0.15) is 4.73 Å². The molecular formula is C12H6Cl2N2O. The number of para-hydroxylation sites is 1. The van der Waals surface area contributed by atoms with Crippen LogP contribution in [0.25, 0.3) is 22.1 Å². The zero-order valence-corrected chi connectivity index (χ0v) is 10.0. The third-order valence-electron chi connectivity index (χ3n) is 2.57. The number of benzene rings is 2. The standard InChI is InChI=1S/C12H6Cl2N2O/c13-7-4-5-9-11(6-7)16(17)10-3-1-2-8(14)12(10)15-9/h1-6H. The summed E-state index contributed by atoms with van der Waals surface area (Å²) in [6.07, 6.45) is 0. The number of nitrogens with zero attached hydrogens (tertiary/aromatic N) is 2. The van der Waals surface area contributed by atoms with Crippen molar-refractivity contribution in [1.82, 2.24) is 4.98 Å². The molecule has 0 unspecified atom stereocenters. The summed E-state index contributed by atoms with van der Waals surface area (Å²) in [5.41, 5.74) is 1.95. The zero-order valence-electron chi connectivity index (χ0n) is 8.52. The highest BCUT2D eigenvalue weighted by atomic mass is 35.5. The molecule has 0 bridgehead atoms. The first kappa shape index (κ1) is 10.6. The van der Waals surface area contributed by atoms with E-state index in [4.69, 9.17) is 23.2 Å². The Morgan fingerprint density at radius 1 is 1.06 bits per heavy atom. The lowest BCUT2D eigenvalue weighted by atomic mass is 10.2. The smallest absolute Gasteiger partial charge is 0.244 e. The number of halogens is 2.